The summed E-state index contributed by atoms with van der Waals surface area (Å²) in [4.78, 5) is 47.1. The molecule has 0 radical (unpaired) electrons. The van der Waals surface area contributed by atoms with Gasteiger partial charge in [0.2, 0.25) is 0 Å². The van der Waals surface area contributed by atoms with E-state index in [0.29, 0.717) is 0 Å². The number of ketones is 2. The third-order valence-electron chi connectivity index (χ3n) is 3.09. The van der Waals surface area contributed by atoms with Gasteiger partial charge in [-0.25, -0.2) is 9.59 Å². The molecule has 0 aliphatic heterocycles. The maximum absolute atomic E-state index is 11.9. The Morgan fingerprint density at radius 3 is 1.30 bits per heavy atom. The zero-order chi connectivity index (χ0) is 15.4. The van der Waals surface area contributed by atoms with Crippen molar-refractivity contribution < 1.29 is 28.7 Å². The average Bonchev–Trinajstić information content (AvgIpc) is 2.43. The minimum Gasteiger partial charge on any atom is -0.466 e. The van der Waals surface area contributed by atoms with Gasteiger partial charge in [0.15, 0.2) is 0 Å². The van der Waals surface area contributed by atoms with Gasteiger partial charge >= 0.3 is 11.9 Å². The minimum absolute atomic E-state index is 0.130. The maximum Gasteiger partial charge on any atom is 0.335 e. The highest BCUT2D eigenvalue weighted by Gasteiger charge is 2.38. The summed E-state index contributed by atoms with van der Waals surface area (Å²) in [6, 6.07) is 0. The molecule has 0 saturated heterocycles. The highest BCUT2D eigenvalue weighted by atomic mass is 16.5. The number of ether oxygens (including phenoxy) is 2. The van der Waals surface area contributed by atoms with E-state index in [1.54, 1.807) is 0 Å². The molecule has 0 bridgehead atoms. The number of carbonyl (C=O) groups is 4. The standard InChI is InChI=1S/C14H16O6/c1-7(15)9-5-6-10(8(2)16)12(14(18)20-4)11(9)13(17)19-3/h5-6,9-10H,1-4H3. The summed E-state index contributed by atoms with van der Waals surface area (Å²) >= 11 is 0. The van der Waals surface area contributed by atoms with Gasteiger partial charge in [-0.1, -0.05) is 12.2 Å². The number of rotatable bonds is 4. The summed E-state index contributed by atoms with van der Waals surface area (Å²) in [6.45, 7) is 2.59. The number of hydrogen-bond acceptors (Lipinski definition) is 6. The molecular formula is C14H16O6. The molecule has 0 heterocycles. The van der Waals surface area contributed by atoms with Gasteiger partial charge in [0.25, 0.3) is 0 Å². The number of hydrogen-bond donors (Lipinski definition) is 0. The van der Waals surface area contributed by atoms with Gasteiger partial charge in [-0.2, -0.15) is 0 Å². The summed E-state index contributed by atoms with van der Waals surface area (Å²) in [5, 5.41) is 0. The minimum atomic E-state index is -0.910. The zero-order valence-corrected chi connectivity index (χ0v) is 11.8. The van der Waals surface area contributed by atoms with Crippen LogP contribution in [0.2, 0.25) is 0 Å². The first-order valence-corrected chi connectivity index (χ1v) is 5.95. The van der Waals surface area contributed by atoms with Gasteiger partial charge in [-0.05, 0) is 13.8 Å². The van der Waals surface area contributed by atoms with E-state index in [1.807, 2.05) is 0 Å². The van der Waals surface area contributed by atoms with E-state index in [-0.39, 0.29) is 22.7 Å². The quantitative estimate of drug-likeness (QED) is 0.554. The van der Waals surface area contributed by atoms with Crippen LogP contribution in [0.4, 0.5) is 0 Å². The van der Waals surface area contributed by atoms with Crippen molar-refractivity contribution in [2.75, 3.05) is 14.2 Å². The summed E-state index contributed by atoms with van der Waals surface area (Å²) in [5.74, 6) is -4.11. The lowest BCUT2D eigenvalue weighted by molar-refractivity contribution is -0.141. The molecule has 1 aliphatic rings. The van der Waals surface area contributed by atoms with E-state index in [1.165, 1.54) is 26.0 Å². The van der Waals surface area contributed by atoms with Gasteiger partial charge in [0.1, 0.15) is 11.6 Å². The Morgan fingerprint density at radius 2 is 1.10 bits per heavy atom. The Bertz CT molecular complexity index is 480. The lowest BCUT2D eigenvalue weighted by atomic mass is 9.78. The Balaban J connectivity index is 3.55. The van der Waals surface area contributed by atoms with Crippen molar-refractivity contribution in [3.63, 3.8) is 0 Å². The van der Waals surface area contributed by atoms with E-state index in [9.17, 15) is 19.2 Å². The number of methoxy groups -OCH3 is 2. The molecule has 108 valence electrons. The van der Waals surface area contributed by atoms with Crippen LogP contribution in [-0.4, -0.2) is 37.7 Å². The lowest BCUT2D eigenvalue weighted by Crippen LogP contribution is -2.32. The van der Waals surface area contributed by atoms with E-state index in [2.05, 4.69) is 9.47 Å². The van der Waals surface area contributed by atoms with Crippen LogP contribution in [0.5, 0.6) is 0 Å². The summed E-state index contributed by atoms with van der Waals surface area (Å²) in [5.41, 5.74) is -0.260. The fraction of sp³-hybridized carbons (Fsp3) is 0.429. The van der Waals surface area contributed by atoms with E-state index in [4.69, 9.17) is 0 Å². The smallest absolute Gasteiger partial charge is 0.335 e. The molecule has 2 atom stereocenters. The molecule has 2 unspecified atom stereocenters. The van der Waals surface area contributed by atoms with Crippen LogP contribution in [0, 0.1) is 11.8 Å². The highest BCUT2D eigenvalue weighted by molar-refractivity contribution is 6.09. The van der Waals surface area contributed by atoms with E-state index in [0.717, 1.165) is 14.2 Å². The maximum atomic E-state index is 11.9. The number of allylic oxidation sites excluding steroid dienone is 2. The van der Waals surface area contributed by atoms with Crippen LogP contribution in [0.15, 0.2) is 23.3 Å². The van der Waals surface area contributed by atoms with Gasteiger partial charge < -0.3 is 9.47 Å². The lowest BCUT2D eigenvalue weighted by Gasteiger charge is -2.24. The molecule has 0 fully saturated rings. The molecule has 0 aromatic heterocycles. The largest absolute Gasteiger partial charge is 0.466 e. The van der Waals surface area contributed by atoms with Gasteiger partial charge in [0, 0.05) is 0 Å². The molecule has 0 aromatic carbocycles. The molecule has 1 rings (SSSR count). The van der Waals surface area contributed by atoms with Crippen molar-refractivity contribution in [1.29, 1.82) is 0 Å². The van der Waals surface area contributed by atoms with Gasteiger partial charge in [-0.15, -0.1) is 0 Å². The van der Waals surface area contributed by atoms with Crippen LogP contribution >= 0.6 is 0 Å². The van der Waals surface area contributed by atoms with E-state index < -0.39 is 23.8 Å². The van der Waals surface area contributed by atoms with Gasteiger partial charge in [0.05, 0.1) is 37.2 Å². The van der Waals surface area contributed by atoms with Gasteiger partial charge in [-0.3, -0.25) is 9.59 Å². The fourth-order valence-electron chi connectivity index (χ4n) is 2.12. The second-order valence-electron chi connectivity index (χ2n) is 4.37. The Hall–Kier alpha value is -2.24. The first-order chi connectivity index (χ1) is 9.34. The van der Waals surface area contributed by atoms with Crippen molar-refractivity contribution in [2.45, 2.75) is 13.8 Å². The molecule has 6 nitrogen and oxygen atoms in total. The summed E-state index contributed by atoms with van der Waals surface area (Å²) < 4.78 is 9.24. The van der Waals surface area contributed by atoms with Crippen LogP contribution in [0.25, 0.3) is 0 Å². The molecule has 0 saturated carbocycles. The third kappa shape index (κ3) is 2.84. The number of Topliss-reactive ketones (excluding diaryl/α,β-unsaturated/α-hetero) is 2. The van der Waals surface area contributed by atoms with Crippen LogP contribution in [0.3, 0.4) is 0 Å². The number of esters is 2. The zero-order valence-electron chi connectivity index (χ0n) is 11.8. The second kappa shape index (κ2) is 6.27. The fourth-order valence-corrected chi connectivity index (χ4v) is 2.12. The molecule has 1 aliphatic carbocycles. The summed E-state index contributed by atoms with van der Waals surface area (Å²) in [7, 11) is 2.28. The van der Waals surface area contributed by atoms with Crippen molar-refractivity contribution in [1.82, 2.24) is 0 Å². The molecule has 0 amide bonds. The third-order valence-corrected chi connectivity index (χ3v) is 3.09. The average molecular weight is 280 g/mol. The van der Waals surface area contributed by atoms with Crippen LogP contribution < -0.4 is 0 Å². The molecule has 6 heteroatoms. The van der Waals surface area contributed by atoms with Crippen LogP contribution in [0.1, 0.15) is 13.8 Å². The Labute approximate surface area is 116 Å². The van der Waals surface area contributed by atoms with Crippen molar-refractivity contribution in [2.24, 2.45) is 11.8 Å². The normalized spacial score (nSPS) is 21.4. The summed E-state index contributed by atoms with van der Waals surface area (Å²) in [6.07, 6.45) is 2.88. The molecule has 0 spiro atoms. The monoisotopic (exact) mass is 280 g/mol. The number of carbonyl (C=O) groups excluding carboxylic acids is 4. The predicted octanol–water partition coefficient (Wildman–Crippen LogP) is 0.609. The molecule has 0 aromatic rings. The first-order valence-electron chi connectivity index (χ1n) is 5.95. The highest BCUT2D eigenvalue weighted by Crippen LogP contribution is 2.32. The second-order valence-corrected chi connectivity index (χ2v) is 4.37. The van der Waals surface area contributed by atoms with Crippen molar-refractivity contribution >= 4 is 23.5 Å². The molecular weight excluding hydrogens is 264 g/mol. The Kier molecular flexibility index (Phi) is 4.96. The molecule has 20 heavy (non-hydrogen) atoms. The predicted molar refractivity (Wildman–Crippen MR) is 68.5 cm³/mol. The van der Waals surface area contributed by atoms with Crippen LogP contribution in [-0.2, 0) is 28.7 Å². The molecule has 0 N–H and O–H groups in total. The first kappa shape index (κ1) is 15.8. The van der Waals surface area contributed by atoms with Crippen molar-refractivity contribution in [3.8, 4) is 0 Å². The topological polar surface area (TPSA) is 86.7 Å². The van der Waals surface area contributed by atoms with Crippen molar-refractivity contribution in [3.05, 3.63) is 23.3 Å². The van der Waals surface area contributed by atoms with E-state index >= 15 is 0 Å². The Morgan fingerprint density at radius 1 is 0.800 bits per heavy atom. The SMILES string of the molecule is COC(=O)C1=C(C(=O)OC)C(C(C)=O)C=CC1C(C)=O.